The fraction of sp³-hybridized carbons (Fsp3) is 0.936. The molecule has 0 aliphatic carbocycles. The minimum absolute atomic E-state index is 0.0292. The number of ether oxygens (including phenoxy) is 4. The summed E-state index contributed by atoms with van der Waals surface area (Å²) < 4.78 is 23.5. The average Bonchev–Trinajstić information content (AvgIpc) is 0.901. The van der Waals surface area contributed by atoms with Gasteiger partial charge in [0.05, 0.1) is 25.7 Å². The first-order valence-electron chi connectivity index (χ1n) is 47.7. The van der Waals surface area contributed by atoms with E-state index in [1.807, 2.05) is 19.0 Å². The second kappa shape index (κ2) is 84.1. The SMILES string of the molecule is CCCCCCCCCCCOC(=O)CCCCCN(CCCCCCCC(=O)OC(CCCCCCCC)CCCCCCCC)CCNC(=O)CC(C(=O)NCCN(CCCCCCCC(=O)OC(CCCCCCCC)CCCCCCCC)CCCCCC(=O)OCCCCCCCCCCC)N(C)C. The zero-order valence-corrected chi connectivity index (χ0v) is 73.6. The number of hydrogen-bond acceptors (Lipinski definition) is 13. The lowest BCUT2D eigenvalue weighted by Crippen LogP contribution is -2.48. The van der Waals surface area contributed by atoms with Crippen molar-refractivity contribution < 1.29 is 47.7 Å². The molecule has 0 aliphatic heterocycles. The van der Waals surface area contributed by atoms with Crippen LogP contribution in [0.2, 0.25) is 0 Å². The normalized spacial score (nSPS) is 12.0. The van der Waals surface area contributed by atoms with Crippen molar-refractivity contribution in [2.45, 2.75) is 490 Å². The van der Waals surface area contributed by atoms with E-state index in [4.69, 9.17) is 18.9 Å². The number of carbonyl (C=O) groups is 6. The van der Waals surface area contributed by atoms with E-state index in [1.165, 1.54) is 218 Å². The molecule has 15 heteroatoms. The van der Waals surface area contributed by atoms with E-state index in [-0.39, 0.29) is 54.3 Å². The standard InChI is InChI=1S/C94H183N5O10/c1-9-15-21-27-33-35-37-49-65-83-106-90(101)71-59-51-63-79-98(77-61-47-39-45-57-73-92(103)108-86(67-53-41-29-23-17-11-3)68-54-42-30-24-18-12-4)81-75-95-89(100)85-88(97(7)8)94(105)96-76-82-99(80-64-52-60-72-91(102)107-84-66-50-38-36-34-28-22-16-10-2)78-62-48-40-46-58-74-93(104)109-87(69-55-43-31-25-19-13-5)70-56-44-32-26-20-14-6/h86-88H,9-85H2,1-8H3,(H,95,100)(H,96,105). The number of nitrogens with one attached hydrogen (secondary N) is 2. The maximum atomic E-state index is 14.0. The Morgan fingerprint density at radius 2 is 0.505 bits per heavy atom. The topological polar surface area (TPSA) is 173 Å². The van der Waals surface area contributed by atoms with Gasteiger partial charge >= 0.3 is 23.9 Å². The summed E-state index contributed by atoms with van der Waals surface area (Å²) in [6.45, 7) is 20.5. The first kappa shape index (κ1) is 106. The fourth-order valence-electron chi connectivity index (χ4n) is 15.0. The van der Waals surface area contributed by atoms with Crippen LogP contribution >= 0.6 is 0 Å². The number of nitrogens with zero attached hydrogens (tertiary/aromatic N) is 3. The molecule has 1 atom stereocenters. The molecule has 0 rings (SSSR count). The minimum atomic E-state index is -0.622. The molecule has 0 aromatic rings. The van der Waals surface area contributed by atoms with Crippen molar-refractivity contribution in [1.82, 2.24) is 25.3 Å². The van der Waals surface area contributed by atoms with Gasteiger partial charge in [0.15, 0.2) is 0 Å². The van der Waals surface area contributed by atoms with Gasteiger partial charge in [-0.2, -0.15) is 0 Å². The second-order valence-corrected chi connectivity index (χ2v) is 33.2. The van der Waals surface area contributed by atoms with Crippen LogP contribution in [0.25, 0.3) is 0 Å². The molecule has 0 fully saturated rings. The predicted octanol–water partition coefficient (Wildman–Crippen LogP) is 24.9. The summed E-state index contributed by atoms with van der Waals surface area (Å²) in [5.74, 6) is -0.548. The highest BCUT2D eigenvalue weighted by atomic mass is 16.6. The van der Waals surface area contributed by atoms with Gasteiger partial charge in [0, 0.05) is 51.9 Å². The second-order valence-electron chi connectivity index (χ2n) is 33.2. The first-order chi connectivity index (χ1) is 53.3. The molecule has 2 amide bonds. The van der Waals surface area contributed by atoms with Gasteiger partial charge < -0.3 is 39.4 Å². The van der Waals surface area contributed by atoms with Gasteiger partial charge in [0.2, 0.25) is 11.8 Å². The van der Waals surface area contributed by atoms with Crippen LogP contribution in [-0.4, -0.2) is 148 Å². The van der Waals surface area contributed by atoms with Crippen molar-refractivity contribution in [3.05, 3.63) is 0 Å². The van der Waals surface area contributed by atoms with Crippen LogP contribution in [-0.2, 0) is 47.7 Å². The lowest BCUT2D eigenvalue weighted by Gasteiger charge is -2.26. The van der Waals surface area contributed by atoms with Crippen LogP contribution in [0, 0.1) is 0 Å². The third kappa shape index (κ3) is 75.8. The van der Waals surface area contributed by atoms with Crippen molar-refractivity contribution in [3.63, 3.8) is 0 Å². The third-order valence-electron chi connectivity index (χ3n) is 22.3. The zero-order chi connectivity index (χ0) is 79.6. The highest BCUT2D eigenvalue weighted by Gasteiger charge is 2.25. The Kier molecular flexibility index (Phi) is 81.6. The monoisotopic (exact) mass is 1540 g/mol. The maximum Gasteiger partial charge on any atom is 0.306 e. The van der Waals surface area contributed by atoms with Gasteiger partial charge in [0.1, 0.15) is 12.2 Å². The largest absolute Gasteiger partial charge is 0.466 e. The number of unbranched alkanes of at least 4 members (excludes halogenated alkanes) is 48. The van der Waals surface area contributed by atoms with E-state index in [0.717, 1.165) is 206 Å². The van der Waals surface area contributed by atoms with Crippen LogP contribution < -0.4 is 10.6 Å². The van der Waals surface area contributed by atoms with Gasteiger partial charge in [-0.1, -0.05) is 324 Å². The lowest BCUT2D eigenvalue weighted by molar-refractivity contribution is -0.151. The van der Waals surface area contributed by atoms with Crippen LogP contribution in [0.3, 0.4) is 0 Å². The van der Waals surface area contributed by atoms with Gasteiger partial charge in [0.25, 0.3) is 0 Å². The molecule has 0 aliphatic rings. The number of amides is 2. The molecule has 0 aromatic carbocycles. The molecule has 15 nitrogen and oxygen atoms in total. The van der Waals surface area contributed by atoms with Gasteiger partial charge in [-0.15, -0.1) is 0 Å². The minimum Gasteiger partial charge on any atom is -0.466 e. The molecule has 109 heavy (non-hydrogen) atoms. The average molecular weight is 1540 g/mol. The van der Waals surface area contributed by atoms with Crippen molar-refractivity contribution >= 4 is 35.7 Å². The van der Waals surface area contributed by atoms with Crippen LogP contribution in [0.4, 0.5) is 0 Å². The Labute approximate surface area is 674 Å². The highest BCUT2D eigenvalue weighted by Crippen LogP contribution is 2.22. The quantitative estimate of drug-likeness (QED) is 0.0335. The summed E-state index contributed by atoms with van der Waals surface area (Å²) in [4.78, 5) is 86.0. The summed E-state index contributed by atoms with van der Waals surface area (Å²) in [7, 11) is 3.73. The van der Waals surface area contributed by atoms with Crippen LogP contribution in [0.5, 0.6) is 0 Å². The molecule has 2 N–H and O–H groups in total. The van der Waals surface area contributed by atoms with E-state index >= 15 is 0 Å². The van der Waals surface area contributed by atoms with E-state index in [1.54, 1.807) is 0 Å². The molecule has 0 bridgehead atoms. The maximum absolute atomic E-state index is 14.0. The number of carbonyl (C=O) groups excluding carboxylic acids is 6. The van der Waals surface area contributed by atoms with Crippen LogP contribution in [0.15, 0.2) is 0 Å². The molecule has 0 radical (unpaired) electrons. The summed E-state index contributed by atoms with van der Waals surface area (Å²) in [5.41, 5.74) is 0. The van der Waals surface area contributed by atoms with Crippen molar-refractivity contribution in [2.75, 3.05) is 79.7 Å². The molecule has 644 valence electrons. The van der Waals surface area contributed by atoms with E-state index in [0.29, 0.717) is 65.1 Å². The first-order valence-corrected chi connectivity index (χ1v) is 47.7. The van der Waals surface area contributed by atoms with Gasteiger partial charge in [-0.3, -0.25) is 33.7 Å². The molecular weight excluding hydrogens is 1360 g/mol. The molecule has 0 spiro atoms. The van der Waals surface area contributed by atoms with Crippen LogP contribution in [0.1, 0.15) is 472 Å². The Morgan fingerprint density at radius 3 is 0.798 bits per heavy atom. The summed E-state index contributed by atoms with van der Waals surface area (Å²) in [5, 5.41) is 6.37. The lowest BCUT2D eigenvalue weighted by atomic mass is 10.0. The Hall–Kier alpha value is -3.30. The Bertz CT molecular complexity index is 1960. The molecular formula is C94H183N5O10. The smallest absolute Gasteiger partial charge is 0.306 e. The predicted molar refractivity (Wildman–Crippen MR) is 461 cm³/mol. The Morgan fingerprint density at radius 1 is 0.266 bits per heavy atom. The van der Waals surface area contributed by atoms with Crippen molar-refractivity contribution in [2.24, 2.45) is 0 Å². The number of likely N-dealkylation sites (N-methyl/N-ethyl adjacent to an activating group) is 1. The summed E-state index contributed by atoms with van der Waals surface area (Å²) >= 11 is 0. The zero-order valence-electron chi connectivity index (χ0n) is 73.6. The van der Waals surface area contributed by atoms with Crippen molar-refractivity contribution in [3.8, 4) is 0 Å². The number of hydrogen-bond donors (Lipinski definition) is 2. The molecule has 1 unspecified atom stereocenters. The van der Waals surface area contributed by atoms with Gasteiger partial charge in [-0.25, -0.2) is 0 Å². The Balaban J connectivity index is 5.62. The van der Waals surface area contributed by atoms with Gasteiger partial charge in [-0.05, 0) is 156 Å². The van der Waals surface area contributed by atoms with E-state index in [9.17, 15) is 28.8 Å². The number of rotatable bonds is 88. The van der Waals surface area contributed by atoms with E-state index < -0.39 is 6.04 Å². The van der Waals surface area contributed by atoms with E-state index in [2.05, 4.69) is 62.0 Å². The molecule has 0 saturated carbocycles. The fourth-order valence-corrected chi connectivity index (χ4v) is 15.0. The van der Waals surface area contributed by atoms with Crippen molar-refractivity contribution in [1.29, 1.82) is 0 Å². The molecule has 0 aromatic heterocycles. The highest BCUT2D eigenvalue weighted by molar-refractivity contribution is 5.88. The molecule has 0 saturated heterocycles. The summed E-state index contributed by atoms with van der Waals surface area (Å²) in [6.07, 6.45) is 73.5. The third-order valence-corrected chi connectivity index (χ3v) is 22.3. The molecule has 0 heterocycles. The summed E-state index contributed by atoms with van der Waals surface area (Å²) in [6, 6.07) is -0.622. The number of esters is 4.